The summed E-state index contributed by atoms with van der Waals surface area (Å²) in [6, 6.07) is 7.55. The average molecular weight is 446 g/mol. The first-order chi connectivity index (χ1) is 14.5. The molecule has 158 valence electrons. The highest BCUT2D eigenvalue weighted by Gasteiger charge is 2.20. The molecule has 1 aliphatic heterocycles. The Morgan fingerprint density at radius 3 is 2.87 bits per heavy atom. The molecule has 10 heteroatoms. The molecule has 3 aromatic rings. The summed E-state index contributed by atoms with van der Waals surface area (Å²) < 4.78 is 7.25. The molecule has 1 fully saturated rings. The zero-order valence-electron chi connectivity index (χ0n) is 16.9. The standard InChI is InChI=1S/C20H23N5O3S2/c1-24-18(27)16-17(23-20(30-16)25-8-3-4-9-25)22-19(24)29-12-15(26)21-11-13-6-5-7-14(10-13)28-2/h5-7,10H,3-4,8-9,11-12H2,1-2H3,(H,21,26). The number of thiazole rings is 1. The van der Waals surface area contributed by atoms with E-state index < -0.39 is 0 Å². The predicted molar refractivity (Wildman–Crippen MR) is 120 cm³/mol. The number of hydrogen-bond donors (Lipinski definition) is 1. The maximum atomic E-state index is 12.7. The quantitative estimate of drug-likeness (QED) is 0.441. The van der Waals surface area contributed by atoms with Gasteiger partial charge in [-0.05, 0) is 30.5 Å². The number of thioether (sulfide) groups is 1. The number of carbonyl (C=O) groups excluding carboxylic acids is 1. The van der Waals surface area contributed by atoms with Crippen LogP contribution in [-0.2, 0) is 18.4 Å². The van der Waals surface area contributed by atoms with Crippen molar-refractivity contribution in [3.05, 3.63) is 40.2 Å². The molecule has 0 bridgehead atoms. The smallest absolute Gasteiger partial charge is 0.273 e. The molecule has 1 N–H and O–H groups in total. The highest BCUT2D eigenvalue weighted by Crippen LogP contribution is 2.29. The topological polar surface area (TPSA) is 89.3 Å². The fraction of sp³-hybridized carbons (Fsp3) is 0.400. The van der Waals surface area contributed by atoms with Gasteiger partial charge < -0.3 is 15.0 Å². The number of hydrogen-bond acceptors (Lipinski definition) is 8. The molecular weight excluding hydrogens is 422 g/mol. The van der Waals surface area contributed by atoms with Gasteiger partial charge in [-0.25, -0.2) is 4.98 Å². The molecule has 1 aromatic carbocycles. The fourth-order valence-corrected chi connectivity index (χ4v) is 5.08. The number of fused-ring (bicyclic) bond motifs is 1. The molecule has 30 heavy (non-hydrogen) atoms. The SMILES string of the molecule is COc1cccc(CNC(=O)CSc2nc3nc(N4CCCC4)sc3c(=O)n2C)c1. The van der Waals surface area contributed by atoms with Crippen LogP contribution in [0.2, 0.25) is 0 Å². The van der Waals surface area contributed by atoms with Crippen LogP contribution in [0, 0.1) is 0 Å². The van der Waals surface area contributed by atoms with Crippen LogP contribution >= 0.6 is 23.1 Å². The highest BCUT2D eigenvalue weighted by atomic mass is 32.2. The van der Waals surface area contributed by atoms with Crippen LogP contribution in [0.3, 0.4) is 0 Å². The molecule has 8 nitrogen and oxygen atoms in total. The average Bonchev–Trinajstić information content (AvgIpc) is 3.44. The molecule has 1 amide bonds. The normalized spacial score (nSPS) is 13.7. The number of anilines is 1. The molecule has 4 rings (SSSR count). The van der Waals surface area contributed by atoms with Gasteiger partial charge in [-0.2, -0.15) is 4.98 Å². The van der Waals surface area contributed by atoms with Gasteiger partial charge in [-0.15, -0.1) is 0 Å². The first-order valence-corrected chi connectivity index (χ1v) is 11.5. The third kappa shape index (κ3) is 4.44. The van der Waals surface area contributed by atoms with Gasteiger partial charge >= 0.3 is 0 Å². The summed E-state index contributed by atoms with van der Waals surface area (Å²) in [6.45, 7) is 2.34. The van der Waals surface area contributed by atoms with Crippen LogP contribution in [0.4, 0.5) is 5.13 Å². The number of nitrogens with one attached hydrogen (secondary N) is 1. The van der Waals surface area contributed by atoms with Crippen molar-refractivity contribution in [3.8, 4) is 5.75 Å². The summed E-state index contributed by atoms with van der Waals surface area (Å²) in [5.41, 5.74) is 1.29. The molecule has 0 radical (unpaired) electrons. The molecule has 0 unspecified atom stereocenters. The maximum Gasteiger partial charge on any atom is 0.273 e. The fourth-order valence-electron chi connectivity index (χ4n) is 3.26. The van der Waals surface area contributed by atoms with Crippen LogP contribution in [0.25, 0.3) is 10.3 Å². The molecule has 3 heterocycles. The van der Waals surface area contributed by atoms with Gasteiger partial charge in [0.05, 0.1) is 12.9 Å². The van der Waals surface area contributed by atoms with Crippen LogP contribution in [-0.4, -0.2) is 46.4 Å². The Labute approximate surface area is 182 Å². The van der Waals surface area contributed by atoms with E-state index in [4.69, 9.17) is 4.74 Å². The van der Waals surface area contributed by atoms with Gasteiger partial charge in [-0.3, -0.25) is 14.2 Å². The molecule has 1 aliphatic rings. The van der Waals surface area contributed by atoms with Crippen molar-refractivity contribution < 1.29 is 9.53 Å². The van der Waals surface area contributed by atoms with E-state index >= 15 is 0 Å². The highest BCUT2D eigenvalue weighted by molar-refractivity contribution is 7.99. The minimum Gasteiger partial charge on any atom is -0.497 e. The number of methoxy groups -OCH3 is 1. The predicted octanol–water partition coefficient (Wildman–Crippen LogP) is 2.41. The Hall–Kier alpha value is -2.59. The molecule has 0 atom stereocenters. The minimum absolute atomic E-state index is 0.123. The monoisotopic (exact) mass is 445 g/mol. The lowest BCUT2D eigenvalue weighted by molar-refractivity contribution is -0.118. The Balaban J connectivity index is 1.42. The zero-order valence-corrected chi connectivity index (χ0v) is 18.5. The second-order valence-electron chi connectivity index (χ2n) is 7.02. The maximum absolute atomic E-state index is 12.7. The lowest BCUT2D eigenvalue weighted by atomic mass is 10.2. The van der Waals surface area contributed by atoms with Gasteiger partial charge in [0.2, 0.25) is 5.91 Å². The summed E-state index contributed by atoms with van der Waals surface area (Å²) in [6.07, 6.45) is 2.29. The van der Waals surface area contributed by atoms with E-state index in [9.17, 15) is 9.59 Å². The summed E-state index contributed by atoms with van der Waals surface area (Å²) in [5, 5.41) is 4.22. The zero-order chi connectivity index (χ0) is 21.1. The van der Waals surface area contributed by atoms with Gasteiger partial charge in [0, 0.05) is 26.7 Å². The van der Waals surface area contributed by atoms with Crippen molar-refractivity contribution >= 4 is 44.5 Å². The third-order valence-electron chi connectivity index (χ3n) is 4.92. The second-order valence-corrected chi connectivity index (χ2v) is 8.94. The Morgan fingerprint density at radius 1 is 1.30 bits per heavy atom. The van der Waals surface area contributed by atoms with Crippen molar-refractivity contribution in [2.45, 2.75) is 24.5 Å². The number of aromatic nitrogens is 3. The van der Waals surface area contributed by atoms with Crippen LogP contribution in [0.5, 0.6) is 5.75 Å². The van der Waals surface area contributed by atoms with E-state index in [1.807, 2.05) is 24.3 Å². The summed E-state index contributed by atoms with van der Waals surface area (Å²) in [4.78, 5) is 36.3. The van der Waals surface area contributed by atoms with Crippen molar-refractivity contribution in [2.75, 3.05) is 30.9 Å². The van der Waals surface area contributed by atoms with Gasteiger partial charge in [0.1, 0.15) is 10.4 Å². The minimum atomic E-state index is -0.131. The van der Waals surface area contributed by atoms with E-state index in [1.54, 1.807) is 14.2 Å². The van der Waals surface area contributed by atoms with Crippen molar-refractivity contribution in [1.82, 2.24) is 19.9 Å². The van der Waals surface area contributed by atoms with E-state index in [-0.39, 0.29) is 17.2 Å². The second kappa shape index (κ2) is 9.05. The van der Waals surface area contributed by atoms with Crippen LogP contribution in [0.1, 0.15) is 18.4 Å². The van der Waals surface area contributed by atoms with Crippen LogP contribution < -0.4 is 20.5 Å². The van der Waals surface area contributed by atoms with Gasteiger partial charge in [-0.1, -0.05) is 35.2 Å². The van der Waals surface area contributed by atoms with Gasteiger partial charge in [0.15, 0.2) is 15.9 Å². The summed E-state index contributed by atoms with van der Waals surface area (Å²) in [7, 11) is 3.29. The number of carbonyl (C=O) groups is 1. The first-order valence-electron chi connectivity index (χ1n) is 9.70. The van der Waals surface area contributed by atoms with Crippen molar-refractivity contribution in [3.63, 3.8) is 0 Å². The number of ether oxygens (including phenoxy) is 1. The number of benzene rings is 1. The lowest BCUT2D eigenvalue weighted by Crippen LogP contribution is -2.25. The number of nitrogens with zero attached hydrogens (tertiary/aromatic N) is 4. The molecule has 0 spiro atoms. The molecular formula is C20H23N5O3S2. The van der Waals surface area contributed by atoms with Crippen molar-refractivity contribution in [1.29, 1.82) is 0 Å². The summed E-state index contributed by atoms with van der Waals surface area (Å²) in [5.74, 6) is 0.784. The number of amides is 1. The Kier molecular flexibility index (Phi) is 6.24. The first kappa shape index (κ1) is 20.7. The molecule has 2 aromatic heterocycles. The van der Waals surface area contributed by atoms with Crippen molar-refractivity contribution in [2.24, 2.45) is 7.05 Å². The van der Waals surface area contributed by atoms with Gasteiger partial charge in [0.25, 0.3) is 5.56 Å². The Bertz CT molecular complexity index is 1120. The van der Waals surface area contributed by atoms with E-state index in [0.717, 1.165) is 42.4 Å². The molecule has 1 saturated heterocycles. The largest absolute Gasteiger partial charge is 0.497 e. The van der Waals surface area contributed by atoms with E-state index in [2.05, 4.69) is 20.2 Å². The van der Waals surface area contributed by atoms with E-state index in [0.29, 0.717) is 22.0 Å². The summed E-state index contributed by atoms with van der Waals surface area (Å²) >= 11 is 2.63. The number of rotatable bonds is 7. The Morgan fingerprint density at radius 2 is 2.10 bits per heavy atom. The third-order valence-corrected chi connectivity index (χ3v) is 7.04. The van der Waals surface area contributed by atoms with Crippen LogP contribution in [0.15, 0.2) is 34.2 Å². The lowest BCUT2D eigenvalue weighted by Gasteiger charge is -2.11. The molecule has 0 saturated carbocycles. The molecule has 0 aliphatic carbocycles. The van der Waals surface area contributed by atoms with E-state index in [1.165, 1.54) is 27.7 Å².